The Bertz CT molecular complexity index is 962. The minimum Gasteiger partial charge on any atom is -0.266 e. The Morgan fingerprint density at radius 2 is 1.74 bits per heavy atom. The molecule has 0 radical (unpaired) electrons. The van der Waals surface area contributed by atoms with E-state index in [1.165, 1.54) is 12.3 Å². The van der Waals surface area contributed by atoms with E-state index in [2.05, 4.69) is 10.2 Å². The van der Waals surface area contributed by atoms with Crippen LogP contribution in [0.4, 0.5) is 0 Å². The molecular weight excluding hydrogens is 359 g/mol. The molecule has 0 atom stereocenters. The smallest absolute Gasteiger partial charge is 0.266 e. The Kier molecular flexibility index (Phi) is 4.19. The molecule has 0 amide bonds. The van der Waals surface area contributed by atoms with Gasteiger partial charge in [0.15, 0.2) is 0 Å². The van der Waals surface area contributed by atoms with E-state index >= 15 is 0 Å². The molecule has 8 heteroatoms. The zero-order valence-corrected chi connectivity index (χ0v) is 14.5. The van der Waals surface area contributed by atoms with Crippen molar-refractivity contribution in [1.82, 2.24) is 19.6 Å². The van der Waals surface area contributed by atoms with Crippen LogP contribution in [0.5, 0.6) is 0 Å². The van der Waals surface area contributed by atoms with Gasteiger partial charge in [-0.15, -0.1) is 0 Å². The number of hydrogen-bond donors (Lipinski definition) is 0. The lowest BCUT2D eigenvalue weighted by atomic mass is 10.3. The van der Waals surface area contributed by atoms with Crippen molar-refractivity contribution in [3.63, 3.8) is 0 Å². The molecule has 3 aromatic rings. The van der Waals surface area contributed by atoms with Crippen molar-refractivity contribution >= 4 is 34.8 Å². The van der Waals surface area contributed by atoms with Crippen molar-refractivity contribution in [1.29, 1.82) is 0 Å². The van der Waals surface area contributed by atoms with Crippen LogP contribution in [0.15, 0.2) is 35.3 Å². The number of aromatic nitrogens is 4. The fourth-order valence-electron chi connectivity index (χ4n) is 2.27. The number of aryl methyl sites for hydroxylation is 2. The molecule has 2 heterocycles. The maximum absolute atomic E-state index is 12.6. The standard InChI is InChI=1S/C15H11Cl3N4O/c1-8-5-9(2)21(20-8)13-7-19-22(15(23)14(13)18)12-4-3-10(16)6-11(12)17/h3-7H,1-2H3. The SMILES string of the molecule is Cc1cc(C)n(-c2cnn(-c3ccc(Cl)cc3Cl)c(=O)c2Cl)n1. The maximum atomic E-state index is 12.6. The summed E-state index contributed by atoms with van der Waals surface area (Å²) < 4.78 is 2.72. The van der Waals surface area contributed by atoms with E-state index in [1.54, 1.807) is 16.8 Å². The maximum Gasteiger partial charge on any atom is 0.292 e. The molecule has 0 spiro atoms. The summed E-state index contributed by atoms with van der Waals surface area (Å²) >= 11 is 18.2. The first kappa shape index (κ1) is 16.1. The molecule has 0 fully saturated rings. The highest BCUT2D eigenvalue weighted by atomic mass is 35.5. The van der Waals surface area contributed by atoms with Gasteiger partial charge in [-0.2, -0.15) is 14.9 Å². The third kappa shape index (κ3) is 2.87. The lowest BCUT2D eigenvalue weighted by Crippen LogP contribution is -2.23. The highest BCUT2D eigenvalue weighted by Crippen LogP contribution is 2.24. The average Bonchev–Trinajstić information content (AvgIpc) is 2.81. The molecule has 0 aliphatic carbocycles. The molecule has 2 aromatic heterocycles. The van der Waals surface area contributed by atoms with E-state index in [1.807, 2.05) is 19.9 Å². The zero-order chi connectivity index (χ0) is 16.7. The number of rotatable bonds is 2. The first-order valence-electron chi connectivity index (χ1n) is 6.65. The summed E-state index contributed by atoms with van der Waals surface area (Å²) in [6.45, 7) is 3.73. The lowest BCUT2D eigenvalue weighted by Gasteiger charge is -2.10. The van der Waals surface area contributed by atoms with Gasteiger partial charge in [0.05, 0.1) is 22.6 Å². The van der Waals surface area contributed by atoms with Crippen LogP contribution >= 0.6 is 34.8 Å². The monoisotopic (exact) mass is 368 g/mol. The van der Waals surface area contributed by atoms with E-state index in [4.69, 9.17) is 34.8 Å². The van der Waals surface area contributed by atoms with Gasteiger partial charge in [0.2, 0.25) is 0 Å². The van der Waals surface area contributed by atoms with Crippen LogP contribution in [0.3, 0.4) is 0 Å². The lowest BCUT2D eigenvalue weighted by molar-refractivity contribution is 0.767. The molecule has 0 unspecified atom stereocenters. The van der Waals surface area contributed by atoms with E-state index in [-0.39, 0.29) is 5.02 Å². The summed E-state index contributed by atoms with van der Waals surface area (Å²) in [7, 11) is 0. The van der Waals surface area contributed by atoms with Crippen molar-refractivity contribution < 1.29 is 0 Å². The highest BCUT2D eigenvalue weighted by molar-refractivity contribution is 6.35. The Morgan fingerprint density at radius 1 is 1.00 bits per heavy atom. The molecule has 0 saturated heterocycles. The quantitative estimate of drug-likeness (QED) is 0.686. The first-order valence-corrected chi connectivity index (χ1v) is 7.79. The van der Waals surface area contributed by atoms with E-state index < -0.39 is 5.56 Å². The van der Waals surface area contributed by atoms with Gasteiger partial charge >= 0.3 is 0 Å². The summed E-state index contributed by atoms with van der Waals surface area (Å²) in [5, 5.41) is 9.26. The second-order valence-corrected chi connectivity index (χ2v) is 6.22. The Labute approximate surface area is 147 Å². The molecule has 0 aliphatic rings. The van der Waals surface area contributed by atoms with Gasteiger partial charge in [0, 0.05) is 10.7 Å². The summed E-state index contributed by atoms with van der Waals surface area (Å²) in [5.74, 6) is 0. The van der Waals surface area contributed by atoms with Crippen LogP contribution in [0.1, 0.15) is 11.4 Å². The third-order valence-corrected chi connectivity index (χ3v) is 4.17. The fraction of sp³-hybridized carbons (Fsp3) is 0.133. The summed E-state index contributed by atoms with van der Waals surface area (Å²) in [6.07, 6.45) is 1.48. The molecule has 23 heavy (non-hydrogen) atoms. The molecular formula is C15H11Cl3N4O. The van der Waals surface area contributed by atoms with E-state index in [0.29, 0.717) is 21.4 Å². The van der Waals surface area contributed by atoms with Crippen LogP contribution in [-0.4, -0.2) is 19.6 Å². The molecule has 0 aliphatic heterocycles. The van der Waals surface area contributed by atoms with Gasteiger partial charge in [-0.25, -0.2) is 4.68 Å². The second-order valence-electron chi connectivity index (χ2n) is 5.00. The molecule has 0 saturated carbocycles. The van der Waals surface area contributed by atoms with Crippen LogP contribution in [-0.2, 0) is 0 Å². The summed E-state index contributed by atoms with van der Waals surface area (Å²) in [6, 6.07) is 6.66. The van der Waals surface area contributed by atoms with Gasteiger partial charge in [0.25, 0.3) is 5.56 Å². The van der Waals surface area contributed by atoms with Gasteiger partial charge in [-0.3, -0.25) is 4.79 Å². The Balaban J connectivity index is 2.19. The van der Waals surface area contributed by atoms with Crippen molar-refractivity contribution in [3.8, 4) is 11.4 Å². The number of hydrogen-bond acceptors (Lipinski definition) is 3. The van der Waals surface area contributed by atoms with Crippen molar-refractivity contribution in [2.45, 2.75) is 13.8 Å². The van der Waals surface area contributed by atoms with Gasteiger partial charge < -0.3 is 0 Å². The van der Waals surface area contributed by atoms with Gasteiger partial charge in [0.1, 0.15) is 10.7 Å². The fourth-order valence-corrected chi connectivity index (χ4v) is 2.97. The van der Waals surface area contributed by atoms with Gasteiger partial charge in [-0.05, 0) is 38.1 Å². The predicted octanol–water partition coefficient (Wildman–Crippen LogP) is 4.00. The molecule has 5 nitrogen and oxygen atoms in total. The van der Waals surface area contributed by atoms with E-state index in [0.717, 1.165) is 16.1 Å². The van der Waals surface area contributed by atoms with Crippen LogP contribution in [0.25, 0.3) is 11.4 Å². The molecule has 0 bridgehead atoms. The third-order valence-electron chi connectivity index (χ3n) is 3.28. The number of halogens is 3. The average molecular weight is 370 g/mol. The number of benzene rings is 1. The number of nitrogens with zero attached hydrogens (tertiary/aromatic N) is 4. The summed E-state index contributed by atoms with van der Waals surface area (Å²) in [4.78, 5) is 12.6. The topological polar surface area (TPSA) is 52.7 Å². The first-order chi connectivity index (χ1) is 10.9. The van der Waals surface area contributed by atoms with Crippen molar-refractivity contribution in [3.05, 3.63) is 67.3 Å². The van der Waals surface area contributed by atoms with Crippen molar-refractivity contribution in [2.75, 3.05) is 0 Å². The molecule has 118 valence electrons. The minimum atomic E-state index is -0.485. The normalized spacial score (nSPS) is 11.0. The van der Waals surface area contributed by atoms with Crippen LogP contribution < -0.4 is 5.56 Å². The zero-order valence-electron chi connectivity index (χ0n) is 12.2. The molecule has 1 aromatic carbocycles. The second kappa shape index (κ2) is 6.00. The molecule has 0 N–H and O–H groups in total. The van der Waals surface area contributed by atoms with E-state index in [9.17, 15) is 4.79 Å². The summed E-state index contributed by atoms with van der Waals surface area (Å²) in [5.41, 5.74) is 2.02. The highest BCUT2D eigenvalue weighted by Gasteiger charge is 2.16. The Hall–Kier alpha value is -1.82. The minimum absolute atomic E-state index is 0.0113. The van der Waals surface area contributed by atoms with Crippen LogP contribution in [0.2, 0.25) is 15.1 Å². The Morgan fingerprint density at radius 3 is 2.35 bits per heavy atom. The predicted molar refractivity (Wildman–Crippen MR) is 91.5 cm³/mol. The molecule has 3 rings (SSSR count). The van der Waals surface area contributed by atoms with Crippen LogP contribution in [0, 0.1) is 13.8 Å². The largest absolute Gasteiger partial charge is 0.292 e. The van der Waals surface area contributed by atoms with Gasteiger partial charge in [-0.1, -0.05) is 34.8 Å². The van der Waals surface area contributed by atoms with Crippen molar-refractivity contribution in [2.24, 2.45) is 0 Å².